The van der Waals surface area contributed by atoms with Gasteiger partial charge in [-0.2, -0.15) is 0 Å². The van der Waals surface area contributed by atoms with E-state index >= 15 is 0 Å². The average Bonchev–Trinajstić information content (AvgIpc) is 2.97. The van der Waals surface area contributed by atoms with Crippen LogP contribution in [0.5, 0.6) is 0 Å². The molecule has 9 nitrogen and oxygen atoms in total. The first-order valence-electron chi connectivity index (χ1n) is 13.5. The van der Waals surface area contributed by atoms with Crippen molar-refractivity contribution in [2.75, 3.05) is 40.0 Å². The maximum absolute atomic E-state index is 12.5. The zero-order valence-corrected chi connectivity index (χ0v) is 24.0. The van der Waals surface area contributed by atoms with Crippen molar-refractivity contribution in [2.24, 2.45) is 7.05 Å². The second kappa shape index (κ2) is 14.7. The Morgan fingerprint density at radius 3 is 2.62 bits per heavy atom. The monoisotopic (exact) mass is 534 g/mol. The lowest BCUT2D eigenvalue weighted by Gasteiger charge is -2.33. The summed E-state index contributed by atoms with van der Waals surface area (Å²) in [5.41, 5.74) is 7.50. The van der Waals surface area contributed by atoms with E-state index in [1.165, 1.54) is 12.3 Å². The molecule has 2 aliphatic rings. The van der Waals surface area contributed by atoms with Crippen LogP contribution in [0.4, 0.5) is 0 Å². The molecule has 2 aromatic rings. The standard InChI is InChI=1S/C26H33N5O2.C4H9NO/c1-7-8-24(18(3)19(4)26-29-22(16-33-6)12-25(32)30(26)5)31-10-9-23-21(15-31)11-20(14-28-23)17(2)13-27;1-3-6-4-2-5-1/h8,11-14,27H,2,7,9-10,15-16H2,1,3-6H3;5H,1-4H2/b19-18-,24-8-,27-13?;. The molecule has 0 aliphatic carbocycles. The van der Waals surface area contributed by atoms with Gasteiger partial charge in [0, 0.05) is 82.2 Å². The second-order valence-corrected chi connectivity index (χ2v) is 9.68. The third-order valence-electron chi connectivity index (χ3n) is 6.93. The van der Waals surface area contributed by atoms with E-state index in [9.17, 15) is 4.79 Å². The Hall–Kier alpha value is -3.40. The minimum atomic E-state index is -0.0999. The fourth-order valence-corrected chi connectivity index (χ4v) is 4.62. The molecule has 0 atom stereocenters. The molecule has 2 aromatic heterocycles. The van der Waals surface area contributed by atoms with Gasteiger partial charge in [0.05, 0.1) is 25.5 Å². The number of nitrogens with zero attached hydrogens (tertiary/aromatic N) is 4. The fraction of sp³-hybridized carbons (Fsp3) is 0.467. The number of aromatic nitrogens is 3. The highest BCUT2D eigenvalue weighted by Gasteiger charge is 2.22. The predicted molar refractivity (Wildman–Crippen MR) is 157 cm³/mol. The largest absolute Gasteiger partial charge is 0.379 e. The van der Waals surface area contributed by atoms with E-state index in [0.29, 0.717) is 23.7 Å². The Bertz CT molecular complexity index is 1280. The van der Waals surface area contributed by atoms with Crippen molar-refractivity contribution in [1.29, 1.82) is 5.41 Å². The van der Waals surface area contributed by atoms with Crippen LogP contribution < -0.4 is 10.9 Å². The number of hydrogen-bond donors (Lipinski definition) is 2. The zero-order valence-electron chi connectivity index (χ0n) is 24.0. The highest BCUT2D eigenvalue weighted by atomic mass is 16.5. The first kappa shape index (κ1) is 30.1. The molecule has 39 heavy (non-hydrogen) atoms. The summed E-state index contributed by atoms with van der Waals surface area (Å²) in [6.07, 6.45) is 7.04. The lowest BCUT2D eigenvalue weighted by atomic mass is 9.98. The molecular formula is C30H42N6O3. The molecule has 2 aliphatic heterocycles. The highest BCUT2D eigenvalue weighted by molar-refractivity contribution is 6.07. The summed E-state index contributed by atoms with van der Waals surface area (Å²) in [4.78, 5) is 24.2. The molecule has 0 amide bonds. The van der Waals surface area contributed by atoms with E-state index in [0.717, 1.165) is 85.9 Å². The Kier molecular flexibility index (Phi) is 11.3. The van der Waals surface area contributed by atoms with Gasteiger partial charge in [0.2, 0.25) is 0 Å². The van der Waals surface area contributed by atoms with Crippen LogP contribution in [0.1, 0.15) is 55.5 Å². The summed E-state index contributed by atoms with van der Waals surface area (Å²) < 4.78 is 11.8. The summed E-state index contributed by atoms with van der Waals surface area (Å²) >= 11 is 0. The molecule has 0 unspecified atom stereocenters. The number of methoxy groups -OCH3 is 1. The molecule has 1 saturated heterocycles. The van der Waals surface area contributed by atoms with Gasteiger partial charge in [-0.25, -0.2) is 4.98 Å². The van der Waals surface area contributed by atoms with Crippen LogP contribution in [0.3, 0.4) is 0 Å². The zero-order chi connectivity index (χ0) is 28.4. The molecule has 0 radical (unpaired) electrons. The molecule has 0 aromatic carbocycles. The van der Waals surface area contributed by atoms with Crippen molar-refractivity contribution in [3.63, 3.8) is 0 Å². The number of hydrogen-bond acceptors (Lipinski definition) is 8. The summed E-state index contributed by atoms with van der Waals surface area (Å²) in [6, 6.07) is 3.61. The Morgan fingerprint density at radius 1 is 1.28 bits per heavy atom. The van der Waals surface area contributed by atoms with Crippen molar-refractivity contribution < 1.29 is 9.47 Å². The summed E-state index contributed by atoms with van der Waals surface area (Å²) in [5, 5.41) is 10.7. The topological polar surface area (TPSA) is 105 Å². The second-order valence-electron chi connectivity index (χ2n) is 9.68. The summed E-state index contributed by atoms with van der Waals surface area (Å²) in [7, 11) is 3.35. The van der Waals surface area contributed by atoms with Gasteiger partial charge in [0.1, 0.15) is 5.82 Å². The number of morpholine rings is 1. The Labute approximate surface area is 231 Å². The van der Waals surface area contributed by atoms with E-state index in [1.807, 2.05) is 6.92 Å². The first-order chi connectivity index (χ1) is 18.8. The van der Waals surface area contributed by atoms with Gasteiger partial charge < -0.3 is 25.1 Å². The Balaban J connectivity index is 0.000000617. The molecule has 0 saturated carbocycles. The van der Waals surface area contributed by atoms with Crippen molar-refractivity contribution in [2.45, 2.75) is 46.8 Å². The van der Waals surface area contributed by atoms with Crippen molar-refractivity contribution in [1.82, 2.24) is 24.8 Å². The quantitative estimate of drug-likeness (QED) is 0.393. The molecule has 1 fully saturated rings. The van der Waals surface area contributed by atoms with Gasteiger partial charge in [-0.3, -0.25) is 14.3 Å². The third-order valence-corrected chi connectivity index (χ3v) is 6.93. The van der Waals surface area contributed by atoms with E-state index in [2.05, 4.69) is 47.8 Å². The van der Waals surface area contributed by atoms with Gasteiger partial charge in [-0.1, -0.05) is 19.6 Å². The van der Waals surface area contributed by atoms with Crippen LogP contribution in [0.25, 0.3) is 11.1 Å². The predicted octanol–water partition coefficient (Wildman–Crippen LogP) is 3.74. The van der Waals surface area contributed by atoms with Crippen LogP contribution >= 0.6 is 0 Å². The van der Waals surface area contributed by atoms with E-state index in [1.54, 1.807) is 24.9 Å². The molecule has 9 heteroatoms. The molecule has 4 heterocycles. The Morgan fingerprint density at radius 2 is 2.03 bits per heavy atom. The number of nitrogens with one attached hydrogen (secondary N) is 2. The van der Waals surface area contributed by atoms with Gasteiger partial charge >= 0.3 is 0 Å². The number of rotatable bonds is 8. The minimum Gasteiger partial charge on any atom is -0.379 e. The number of ether oxygens (including phenoxy) is 2. The van der Waals surface area contributed by atoms with Gasteiger partial charge in [0.25, 0.3) is 5.56 Å². The van der Waals surface area contributed by atoms with Gasteiger partial charge in [-0.05, 0) is 48.6 Å². The van der Waals surface area contributed by atoms with E-state index < -0.39 is 0 Å². The average molecular weight is 535 g/mol. The SMILES string of the molecule is C1COCCN1.C=C(C=N)c1cnc2c(c1)CN(C(=C\CC)/C(C)=C(/C)c1nc(COC)cc(=O)n1C)CC2. The number of allylic oxidation sites excluding steroid dienone is 4. The minimum absolute atomic E-state index is 0.0999. The van der Waals surface area contributed by atoms with Crippen LogP contribution in [-0.4, -0.2) is 65.6 Å². The van der Waals surface area contributed by atoms with E-state index in [-0.39, 0.29) is 5.56 Å². The number of fused-ring (bicyclic) bond motifs is 1. The highest BCUT2D eigenvalue weighted by Crippen LogP contribution is 2.29. The van der Waals surface area contributed by atoms with Crippen molar-refractivity contribution in [3.05, 3.63) is 80.9 Å². The van der Waals surface area contributed by atoms with E-state index in [4.69, 9.17) is 19.9 Å². The first-order valence-corrected chi connectivity index (χ1v) is 13.5. The molecule has 210 valence electrons. The normalized spacial score (nSPS) is 16.0. The lowest BCUT2D eigenvalue weighted by Crippen LogP contribution is -2.31. The van der Waals surface area contributed by atoms with Crippen LogP contribution in [-0.2, 0) is 36.1 Å². The van der Waals surface area contributed by atoms with Crippen molar-refractivity contribution >= 4 is 17.4 Å². The maximum Gasteiger partial charge on any atom is 0.253 e. The molecular weight excluding hydrogens is 492 g/mol. The smallest absolute Gasteiger partial charge is 0.253 e. The summed E-state index contributed by atoms with van der Waals surface area (Å²) in [5.74, 6) is 0.651. The van der Waals surface area contributed by atoms with Crippen molar-refractivity contribution in [3.8, 4) is 0 Å². The third kappa shape index (κ3) is 7.81. The number of pyridine rings is 1. The molecule has 2 N–H and O–H groups in total. The van der Waals surface area contributed by atoms with Crippen LogP contribution in [0.2, 0.25) is 0 Å². The molecule has 0 bridgehead atoms. The summed E-state index contributed by atoms with van der Waals surface area (Å²) in [6.45, 7) is 15.9. The lowest BCUT2D eigenvalue weighted by molar-refractivity contribution is 0.109. The van der Waals surface area contributed by atoms with Crippen LogP contribution in [0, 0.1) is 5.41 Å². The molecule has 4 rings (SSSR count). The van der Waals surface area contributed by atoms with Crippen LogP contribution in [0.15, 0.2) is 47.0 Å². The van der Waals surface area contributed by atoms with Gasteiger partial charge in [0.15, 0.2) is 0 Å². The fourth-order valence-electron chi connectivity index (χ4n) is 4.62. The molecule has 0 spiro atoms. The maximum atomic E-state index is 12.5. The van der Waals surface area contributed by atoms with Gasteiger partial charge in [-0.15, -0.1) is 0 Å².